The quantitative estimate of drug-likeness (QED) is 0.330. The smallest absolute Gasteiger partial charge is 0.330 e. The minimum absolute atomic E-state index is 0.146. The van der Waals surface area contributed by atoms with Gasteiger partial charge in [0.1, 0.15) is 24.1 Å². The molecule has 4 unspecified atom stereocenters. The van der Waals surface area contributed by atoms with Gasteiger partial charge in [-0.05, 0) is 12.5 Å². The van der Waals surface area contributed by atoms with Crippen LogP contribution < -0.4 is 5.32 Å². The number of aromatic nitrogens is 3. The molecule has 1 aromatic heterocycles. The van der Waals surface area contributed by atoms with Crippen LogP contribution in [0, 0.1) is 0 Å². The number of carbonyl (C=O) groups is 3. The predicted octanol–water partition coefficient (Wildman–Crippen LogP) is 1.96. The summed E-state index contributed by atoms with van der Waals surface area (Å²) in [5, 5.41) is 10.1. The molecule has 9 nitrogen and oxygen atoms in total. The fourth-order valence-electron chi connectivity index (χ4n) is 4.02. The number of esters is 1. The van der Waals surface area contributed by atoms with Gasteiger partial charge in [-0.3, -0.25) is 14.3 Å². The number of hydrogen-bond donors (Lipinski definition) is 1. The van der Waals surface area contributed by atoms with E-state index in [0.717, 1.165) is 5.56 Å². The molecule has 2 aromatic rings. The molecule has 1 aromatic carbocycles. The first-order chi connectivity index (χ1) is 15.6. The minimum atomic E-state index is -1.78. The molecule has 1 N–H and O–H groups in total. The fraction of sp³-hybridized carbons (Fsp3) is 0.450. The number of nitrogens with zero attached hydrogens (tertiary/aromatic N) is 4. The maximum atomic E-state index is 13.0. The van der Waals surface area contributed by atoms with Gasteiger partial charge in [0.05, 0.1) is 23.9 Å². The molecule has 2 amide bonds. The first-order valence-electron chi connectivity index (χ1n) is 9.98. The van der Waals surface area contributed by atoms with Crippen molar-refractivity contribution >= 4 is 64.3 Å². The number of thioether (sulfide) groups is 1. The van der Waals surface area contributed by atoms with Gasteiger partial charge in [-0.2, -0.15) is 0 Å². The van der Waals surface area contributed by atoms with E-state index in [0.29, 0.717) is 0 Å². The highest BCUT2D eigenvalue weighted by molar-refractivity contribution is 8.01. The average Bonchev–Trinajstić information content (AvgIpc) is 3.35. The van der Waals surface area contributed by atoms with E-state index in [-0.39, 0.29) is 24.8 Å². The largest absolute Gasteiger partial charge is 0.460 e. The van der Waals surface area contributed by atoms with E-state index in [1.165, 1.54) is 22.9 Å². The van der Waals surface area contributed by atoms with Gasteiger partial charge in [0.25, 0.3) is 0 Å². The third-order valence-electron chi connectivity index (χ3n) is 5.40. The predicted molar refractivity (Wildman–Crippen MR) is 124 cm³/mol. The van der Waals surface area contributed by atoms with Gasteiger partial charge in [-0.25, -0.2) is 4.79 Å². The van der Waals surface area contributed by atoms with Crippen molar-refractivity contribution in [3.63, 3.8) is 0 Å². The van der Waals surface area contributed by atoms with Crippen molar-refractivity contribution in [1.82, 2.24) is 25.2 Å². The van der Waals surface area contributed by atoms with Gasteiger partial charge in [-0.15, -0.1) is 16.9 Å². The van der Waals surface area contributed by atoms with Gasteiger partial charge in [0.2, 0.25) is 15.6 Å². The Bertz CT molecular complexity index is 1040. The summed E-state index contributed by atoms with van der Waals surface area (Å²) in [5.41, 5.74) is 0.835. The van der Waals surface area contributed by atoms with Gasteiger partial charge in [0.15, 0.2) is 0 Å². The Hall–Kier alpha value is -2.01. The molecule has 0 bridgehead atoms. The van der Waals surface area contributed by atoms with Crippen LogP contribution in [0.3, 0.4) is 0 Å². The van der Waals surface area contributed by atoms with Crippen LogP contribution in [0.4, 0.5) is 0 Å². The zero-order valence-electron chi connectivity index (χ0n) is 17.4. The number of amides is 2. The number of β-lactam (4-membered cyclic amide) rings is 1. The Kier molecular flexibility index (Phi) is 6.82. The van der Waals surface area contributed by atoms with E-state index in [1.54, 1.807) is 10.9 Å². The molecular formula is C20H20Cl3N5O4S. The molecule has 3 heterocycles. The summed E-state index contributed by atoms with van der Waals surface area (Å²) in [7, 11) is 0. The topological polar surface area (TPSA) is 106 Å². The van der Waals surface area contributed by atoms with Crippen LogP contribution in [0.15, 0.2) is 42.7 Å². The number of nitrogens with one attached hydrogen (secondary N) is 1. The molecule has 0 spiro atoms. The van der Waals surface area contributed by atoms with E-state index in [2.05, 4.69) is 15.6 Å². The third-order valence-corrected chi connectivity index (χ3v) is 7.36. The summed E-state index contributed by atoms with van der Waals surface area (Å²) >= 11 is 18.6. The second kappa shape index (κ2) is 9.32. The average molecular weight is 533 g/mol. The Labute approximate surface area is 209 Å². The Balaban J connectivity index is 1.50. The molecule has 176 valence electrons. The fourth-order valence-corrected chi connectivity index (χ4v) is 5.94. The van der Waals surface area contributed by atoms with Crippen LogP contribution in [-0.2, 0) is 32.1 Å². The van der Waals surface area contributed by atoms with Gasteiger partial charge < -0.3 is 15.0 Å². The zero-order valence-corrected chi connectivity index (χ0v) is 20.4. The summed E-state index contributed by atoms with van der Waals surface area (Å²) < 4.78 is 4.19. The normalized spacial score (nSPS) is 26.5. The second-order valence-electron chi connectivity index (χ2n) is 8.00. The highest BCUT2D eigenvalue weighted by Gasteiger charge is 2.66. The lowest BCUT2D eigenvalue weighted by Crippen LogP contribution is -2.71. The lowest BCUT2D eigenvalue weighted by molar-refractivity contribution is -0.164. The number of fused-ring (bicyclic) bond motifs is 1. The lowest BCUT2D eigenvalue weighted by atomic mass is 9.94. The first kappa shape index (κ1) is 24.1. The molecule has 4 atom stereocenters. The number of halogens is 3. The monoisotopic (exact) mass is 531 g/mol. The molecule has 0 saturated carbocycles. The number of alkyl halides is 3. The van der Waals surface area contributed by atoms with Crippen molar-refractivity contribution < 1.29 is 19.1 Å². The zero-order chi connectivity index (χ0) is 23.8. The number of rotatable bonds is 7. The van der Waals surface area contributed by atoms with Crippen molar-refractivity contribution in [2.24, 2.45) is 0 Å². The molecule has 0 aliphatic carbocycles. The van der Waals surface area contributed by atoms with Crippen molar-refractivity contribution in [3.05, 3.63) is 48.3 Å². The molecule has 2 aliphatic heterocycles. The van der Waals surface area contributed by atoms with Crippen LogP contribution >= 0.6 is 46.6 Å². The van der Waals surface area contributed by atoms with Crippen LogP contribution in [-0.4, -0.2) is 70.3 Å². The van der Waals surface area contributed by atoms with Crippen molar-refractivity contribution in [2.45, 2.75) is 45.9 Å². The van der Waals surface area contributed by atoms with E-state index >= 15 is 0 Å². The number of hydrogen-bond acceptors (Lipinski definition) is 7. The SMILES string of the molecule is CC1(Cn2ccnn2)SC2C(NC(=O)Cc3ccccc3)C(=O)N2C1C(=O)OCC(Cl)(Cl)Cl. The molecule has 2 aliphatic rings. The van der Waals surface area contributed by atoms with Crippen LogP contribution in [0.1, 0.15) is 12.5 Å². The van der Waals surface area contributed by atoms with Gasteiger partial charge in [0, 0.05) is 6.20 Å². The Morgan fingerprint density at radius 1 is 1.27 bits per heavy atom. The lowest BCUT2D eigenvalue weighted by Gasteiger charge is -2.44. The summed E-state index contributed by atoms with van der Waals surface area (Å²) in [6.07, 6.45) is 3.32. The molecule has 2 fully saturated rings. The van der Waals surface area contributed by atoms with Crippen LogP contribution in [0.5, 0.6) is 0 Å². The maximum absolute atomic E-state index is 13.0. The number of ether oxygens (including phenoxy) is 1. The van der Waals surface area contributed by atoms with Gasteiger partial charge >= 0.3 is 5.97 Å². The highest BCUT2D eigenvalue weighted by atomic mass is 35.6. The molecule has 0 radical (unpaired) electrons. The first-order valence-corrected chi connectivity index (χ1v) is 12.0. The third kappa shape index (κ3) is 5.24. The van der Waals surface area contributed by atoms with Crippen molar-refractivity contribution in [3.8, 4) is 0 Å². The van der Waals surface area contributed by atoms with E-state index in [1.807, 2.05) is 37.3 Å². The molecule has 2 saturated heterocycles. The standard InChI is InChI=1S/C20H20Cl3N5O4S/c1-19(10-27-8-7-24-26-27)15(18(31)32-11-20(21,22)23)28-16(30)14(17(28)33-19)25-13(29)9-12-5-3-2-4-6-12/h2-8,14-15,17H,9-11H2,1H3,(H,25,29). The molecule has 4 rings (SSSR count). The van der Waals surface area contributed by atoms with E-state index in [9.17, 15) is 14.4 Å². The van der Waals surface area contributed by atoms with Crippen molar-refractivity contribution in [1.29, 1.82) is 0 Å². The maximum Gasteiger partial charge on any atom is 0.330 e. The Morgan fingerprint density at radius 3 is 2.64 bits per heavy atom. The van der Waals surface area contributed by atoms with E-state index in [4.69, 9.17) is 39.5 Å². The molecular weight excluding hydrogens is 513 g/mol. The summed E-state index contributed by atoms with van der Waals surface area (Å²) in [5.74, 6) is -1.34. The van der Waals surface area contributed by atoms with Crippen molar-refractivity contribution in [2.75, 3.05) is 6.61 Å². The van der Waals surface area contributed by atoms with Crippen LogP contribution in [0.2, 0.25) is 0 Å². The summed E-state index contributed by atoms with van der Waals surface area (Å²) in [4.78, 5) is 40.0. The summed E-state index contributed by atoms with van der Waals surface area (Å²) in [6, 6.07) is 7.51. The molecule has 13 heteroatoms. The Morgan fingerprint density at radius 2 is 2.00 bits per heavy atom. The number of carbonyl (C=O) groups excluding carboxylic acids is 3. The minimum Gasteiger partial charge on any atom is -0.460 e. The highest BCUT2D eigenvalue weighted by Crippen LogP contribution is 2.52. The van der Waals surface area contributed by atoms with E-state index < -0.39 is 38.6 Å². The molecule has 33 heavy (non-hydrogen) atoms. The van der Waals surface area contributed by atoms with Crippen LogP contribution in [0.25, 0.3) is 0 Å². The number of benzene rings is 1. The van der Waals surface area contributed by atoms with Gasteiger partial charge in [-0.1, -0.05) is 70.3 Å². The second-order valence-corrected chi connectivity index (χ2v) is 12.2. The summed E-state index contributed by atoms with van der Waals surface area (Å²) in [6.45, 7) is 1.65.